The summed E-state index contributed by atoms with van der Waals surface area (Å²) >= 11 is 0. The van der Waals surface area contributed by atoms with Gasteiger partial charge in [0.15, 0.2) is 17.3 Å². The van der Waals surface area contributed by atoms with Crippen LogP contribution < -0.4 is 20.3 Å². The van der Waals surface area contributed by atoms with Crippen LogP contribution in [0.4, 0.5) is 0 Å². The molecular weight excluding hydrogens is 452 g/mol. The summed E-state index contributed by atoms with van der Waals surface area (Å²) in [6.07, 6.45) is 0.641. The van der Waals surface area contributed by atoms with Crippen LogP contribution in [0.2, 0.25) is 0 Å². The van der Waals surface area contributed by atoms with E-state index in [1.54, 1.807) is 26.0 Å². The Kier molecular flexibility index (Phi) is 7.59. The molecule has 1 aromatic carbocycles. The lowest BCUT2D eigenvalue weighted by molar-refractivity contribution is -0.126. The number of ether oxygens (including phenoxy) is 2. The first kappa shape index (κ1) is 24.5. The number of piperidine rings is 1. The van der Waals surface area contributed by atoms with Crippen LogP contribution >= 0.6 is 0 Å². The fourth-order valence-electron chi connectivity index (χ4n) is 3.71. The summed E-state index contributed by atoms with van der Waals surface area (Å²) in [6, 6.07) is 4.70. The van der Waals surface area contributed by atoms with Crippen LogP contribution in [0.1, 0.15) is 41.6 Å². The summed E-state index contributed by atoms with van der Waals surface area (Å²) in [4.78, 5) is 25.0. The van der Waals surface area contributed by atoms with Crippen LogP contribution in [0.25, 0.3) is 0 Å². The van der Waals surface area contributed by atoms with E-state index in [1.165, 1.54) is 17.5 Å². The lowest BCUT2D eigenvalue weighted by Gasteiger charge is -2.30. The standard InChI is InChI=1S/C21H28N4O7S/c1-5-31-17-7-6-16(12-18(17)30-4)21(27)23-22-20(26)15-8-10-25(11-9-15)33(28,29)19-13(2)24-32-14(19)3/h6-7,12,15H,5,8-11H2,1-4H3,(H,22,26)(H,23,27). The lowest BCUT2D eigenvalue weighted by atomic mass is 9.98. The Morgan fingerprint density at radius 2 is 1.88 bits per heavy atom. The van der Waals surface area contributed by atoms with E-state index in [2.05, 4.69) is 16.0 Å². The molecule has 2 aromatic rings. The summed E-state index contributed by atoms with van der Waals surface area (Å²) in [5.41, 5.74) is 5.41. The number of rotatable bonds is 7. The number of nitrogens with zero attached hydrogens (tertiary/aromatic N) is 2. The van der Waals surface area contributed by atoms with Gasteiger partial charge in [-0.05, 0) is 51.8 Å². The monoisotopic (exact) mass is 480 g/mol. The van der Waals surface area contributed by atoms with Crippen molar-refractivity contribution >= 4 is 21.8 Å². The van der Waals surface area contributed by atoms with Crippen molar-refractivity contribution in [3.63, 3.8) is 0 Å². The molecule has 11 nitrogen and oxygen atoms in total. The first-order valence-corrected chi connectivity index (χ1v) is 12.0. The smallest absolute Gasteiger partial charge is 0.269 e. The van der Waals surface area contributed by atoms with Crippen molar-refractivity contribution in [2.45, 2.75) is 38.5 Å². The molecule has 180 valence electrons. The molecule has 1 saturated heterocycles. The van der Waals surface area contributed by atoms with E-state index in [0.29, 0.717) is 36.6 Å². The van der Waals surface area contributed by atoms with E-state index >= 15 is 0 Å². The van der Waals surface area contributed by atoms with E-state index in [9.17, 15) is 18.0 Å². The maximum absolute atomic E-state index is 12.9. The fraction of sp³-hybridized carbons (Fsp3) is 0.476. The van der Waals surface area contributed by atoms with Crippen molar-refractivity contribution in [3.05, 3.63) is 35.2 Å². The number of sulfonamides is 1. The maximum Gasteiger partial charge on any atom is 0.269 e. The molecule has 1 aliphatic heterocycles. The van der Waals surface area contributed by atoms with E-state index in [0.717, 1.165) is 0 Å². The SMILES string of the molecule is CCOc1ccc(C(=O)NNC(=O)C2CCN(S(=O)(=O)c3c(C)noc3C)CC2)cc1OC. The van der Waals surface area contributed by atoms with Gasteiger partial charge in [-0.15, -0.1) is 0 Å². The van der Waals surface area contributed by atoms with Crippen LogP contribution in [0.15, 0.2) is 27.6 Å². The van der Waals surface area contributed by atoms with Crippen molar-refractivity contribution in [3.8, 4) is 11.5 Å². The molecule has 0 saturated carbocycles. The Morgan fingerprint density at radius 1 is 1.18 bits per heavy atom. The lowest BCUT2D eigenvalue weighted by Crippen LogP contribution is -2.48. The molecule has 2 amide bonds. The van der Waals surface area contributed by atoms with Gasteiger partial charge in [0.2, 0.25) is 15.9 Å². The molecule has 3 rings (SSSR count). The highest BCUT2D eigenvalue weighted by atomic mass is 32.2. The van der Waals surface area contributed by atoms with Crippen LogP contribution in [-0.4, -0.2) is 56.5 Å². The number of aryl methyl sites for hydroxylation is 2. The Bertz CT molecular complexity index is 1100. The van der Waals surface area contributed by atoms with Crippen molar-refractivity contribution < 1.29 is 32.0 Å². The number of methoxy groups -OCH3 is 1. The third-order valence-corrected chi connectivity index (χ3v) is 7.56. The maximum atomic E-state index is 12.9. The molecule has 2 N–H and O–H groups in total. The van der Waals surface area contributed by atoms with E-state index in [4.69, 9.17) is 14.0 Å². The number of hydrogen-bond acceptors (Lipinski definition) is 8. The number of amides is 2. The van der Waals surface area contributed by atoms with Crippen LogP contribution in [0.5, 0.6) is 11.5 Å². The molecule has 0 unspecified atom stereocenters. The Balaban J connectivity index is 1.55. The van der Waals surface area contributed by atoms with Crippen molar-refractivity contribution in [1.82, 2.24) is 20.3 Å². The number of hydrogen-bond donors (Lipinski definition) is 2. The summed E-state index contributed by atoms with van der Waals surface area (Å²) in [5, 5.41) is 3.71. The molecule has 0 bridgehead atoms. The molecule has 1 aromatic heterocycles. The predicted molar refractivity (Wildman–Crippen MR) is 117 cm³/mol. The summed E-state index contributed by atoms with van der Waals surface area (Å²) in [7, 11) is -2.28. The van der Waals surface area contributed by atoms with Crippen LogP contribution in [-0.2, 0) is 14.8 Å². The van der Waals surface area contributed by atoms with Crippen LogP contribution in [0, 0.1) is 19.8 Å². The number of aromatic nitrogens is 1. The Hall–Kier alpha value is -3.12. The third-order valence-electron chi connectivity index (χ3n) is 5.42. The van der Waals surface area contributed by atoms with E-state index in [-0.39, 0.29) is 35.2 Å². The second kappa shape index (κ2) is 10.2. The fourth-order valence-corrected chi connectivity index (χ4v) is 5.47. The highest BCUT2D eigenvalue weighted by Gasteiger charge is 2.35. The number of hydrazine groups is 1. The zero-order valence-electron chi connectivity index (χ0n) is 19.0. The van der Waals surface area contributed by atoms with Gasteiger partial charge in [-0.3, -0.25) is 20.4 Å². The molecular formula is C21H28N4O7S. The van der Waals surface area contributed by atoms with Crippen molar-refractivity contribution in [2.24, 2.45) is 5.92 Å². The molecule has 2 heterocycles. The van der Waals surface area contributed by atoms with Gasteiger partial charge >= 0.3 is 0 Å². The van der Waals surface area contributed by atoms with Gasteiger partial charge in [0.05, 0.1) is 13.7 Å². The Morgan fingerprint density at radius 3 is 2.45 bits per heavy atom. The zero-order valence-corrected chi connectivity index (χ0v) is 19.8. The van der Waals surface area contributed by atoms with Gasteiger partial charge in [0.1, 0.15) is 10.6 Å². The van der Waals surface area contributed by atoms with E-state index in [1.807, 2.05) is 6.92 Å². The molecule has 1 fully saturated rings. The highest BCUT2D eigenvalue weighted by Crippen LogP contribution is 2.29. The van der Waals surface area contributed by atoms with Gasteiger partial charge in [-0.25, -0.2) is 8.42 Å². The zero-order chi connectivity index (χ0) is 24.2. The second-order valence-electron chi connectivity index (χ2n) is 7.57. The summed E-state index contributed by atoms with van der Waals surface area (Å²) < 4.78 is 42.8. The number of benzene rings is 1. The average molecular weight is 481 g/mol. The number of carbonyl (C=O) groups excluding carboxylic acids is 2. The average Bonchev–Trinajstić information content (AvgIpc) is 3.16. The molecule has 0 aliphatic carbocycles. The summed E-state index contributed by atoms with van der Waals surface area (Å²) in [5.74, 6) is -0.169. The first-order valence-electron chi connectivity index (χ1n) is 10.5. The van der Waals surface area contributed by atoms with Gasteiger partial charge in [-0.1, -0.05) is 5.16 Å². The molecule has 0 atom stereocenters. The summed E-state index contributed by atoms with van der Waals surface area (Å²) in [6.45, 7) is 5.77. The third kappa shape index (κ3) is 5.28. The minimum atomic E-state index is -3.75. The van der Waals surface area contributed by atoms with Crippen molar-refractivity contribution in [2.75, 3.05) is 26.8 Å². The molecule has 1 aliphatic rings. The molecule has 33 heavy (non-hydrogen) atoms. The Labute approximate surface area is 192 Å². The van der Waals surface area contributed by atoms with Gasteiger partial charge in [-0.2, -0.15) is 4.31 Å². The molecule has 0 spiro atoms. The van der Waals surface area contributed by atoms with E-state index < -0.39 is 21.8 Å². The van der Waals surface area contributed by atoms with Crippen LogP contribution in [0.3, 0.4) is 0 Å². The van der Waals surface area contributed by atoms with Crippen molar-refractivity contribution in [1.29, 1.82) is 0 Å². The topological polar surface area (TPSA) is 140 Å². The predicted octanol–water partition coefficient (Wildman–Crippen LogP) is 1.56. The highest BCUT2D eigenvalue weighted by molar-refractivity contribution is 7.89. The molecule has 0 radical (unpaired) electrons. The van der Waals surface area contributed by atoms with Gasteiger partial charge < -0.3 is 14.0 Å². The minimum Gasteiger partial charge on any atom is -0.493 e. The minimum absolute atomic E-state index is 0.0726. The molecule has 12 heteroatoms. The first-order chi connectivity index (χ1) is 15.7. The normalized spacial score (nSPS) is 15.2. The largest absolute Gasteiger partial charge is 0.493 e. The van der Waals surface area contributed by atoms with Gasteiger partial charge in [0, 0.05) is 24.6 Å². The number of nitrogens with one attached hydrogen (secondary N) is 2. The number of carbonyl (C=O) groups is 2. The van der Waals surface area contributed by atoms with Gasteiger partial charge in [0.25, 0.3) is 5.91 Å². The second-order valence-corrected chi connectivity index (χ2v) is 9.45. The quantitative estimate of drug-likeness (QED) is 0.569.